The van der Waals surface area contributed by atoms with Crippen molar-refractivity contribution in [1.82, 2.24) is 0 Å². The Kier molecular flexibility index (Phi) is 5.03. The predicted octanol–water partition coefficient (Wildman–Crippen LogP) is 2.49. The van der Waals surface area contributed by atoms with Crippen molar-refractivity contribution < 1.29 is 28.5 Å². The molecule has 1 heterocycles. The van der Waals surface area contributed by atoms with Crippen molar-refractivity contribution in [3.8, 4) is 23.0 Å². The second-order valence-electron chi connectivity index (χ2n) is 5.92. The molecule has 27 heavy (non-hydrogen) atoms. The van der Waals surface area contributed by atoms with Crippen LogP contribution in [0.2, 0.25) is 0 Å². The van der Waals surface area contributed by atoms with E-state index in [0.717, 1.165) is 5.56 Å². The van der Waals surface area contributed by atoms with Gasteiger partial charge in [0.15, 0.2) is 23.9 Å². The summed E-state index contributed by atoms with van der Waals surface area (Å²) in [6, 6.07) is 8.53. The molecule has 2 N–H and O–H groups in total. The van der Waals surface area contributed by atoms with Crippen molar-refractivity contribution in [1.29, 1.82) is 0 Å². The molecule has 0 spiro atoms. The zero-order valence-electron chi connectivity index (χ0n) is 15.2. The Morgan fingerprint density at radius 2 is 1.89 bits per heavy atom. The molecule has 7 heteroatoms. The Morgan fingerprint density at radius 3 is 2.56 bits per heavy atom. The van der Waals surface area contributed by atoms with Gasteiger partial charge in [-0.25, -0.2) is 0 Å². The molecule has 0 bridgehead atoms. The molecule has 0 fully saturated rings. The first-order valence-electron chi connectivity index (χ1n) is 8.15. The van der Waals surface area contributed by atoms with Crippen LogP contribution >= 0.6 is 0 Å². The van der Waals surface area contributed by atoms with Crippen molar-refractivity contribution in [3.63, 3.8) is 0 Å². The third-order valence-corrected chi connectivity index (χ3v) is 4.03. The molecule has 2 aromatic rings. The molecule has 3 rings (SSSR count). The number of hydrogen-bond acceptors (Lipinski definition) is 6. The van der Waals surface area contributed by atoms with E-state index in [-0.39, 0.29) is 18.1 Å². The smallest absolute Gasteiger partial charge is 0.255 e. The second-order valence-corrected chi connectivity index (χ2v) is 5.92. The molecule has 0 aliphatic carbocycles. The summed E-state index contributed by atoms with van der Waals surface area (Å²) in [4.78, 5) is 23.6. The van der Waals surface area contributed by atoms with Gasteiger partial charge in [0.2, 0.25) is 5.78 Å². The topological polar surface area (TPSA) is 97.1 Å². The molecular weight excluding hydrogens is 350 g/mol. The SMILES string of the molecule is COc1ccc(C=C2Oc3cc(OCC(N)=O)cc(C)c3C2=O)cc1OC. The van der Waals surface area contributed by atoms with Gasteiger partial charge in [-0.3, -0.25) is 9.59 Å². The number of benzene rings is 2. The highest BCUT2D eigenvalue weighted by Gasteiger charge is 2.30. The molecule has 7 nitrogen and oxygen atoms in total. The normalized spacial score (nSPS) is 13.9. The lowest BCUT2D eigenvalue weighted by Crippen LogP contribution is -2.20. The fourth-order valence-corrected chi connectivity index (χ4v) is 2.81. The number of ether oxygens (including phenoxy) is 4. The van der Waals surface area contributed by atoms with Gasteiger partial charge >= 0.3 is 0 Å². The summed E-state index contributed by atoms with van der Waals surface area (Å²) in [5, 5.41) is 0. The first kappa shape index (κ1) is 18.3. The van der Waals surface area contributed by atoms with Crippen LogP contribution in [0.4, 0.5) is 0 Å². The van der Waals surface area contributed by atoms with Gasteiger partial charge < -0.3 is 24.7 Å². The summed E-state index contributed by atoms with van der Waals surface area (Å²) in [6.07, 6.45) is 1.63. The fourth-order valence-electron chi connectivity index (χ4n) is 2.81. The predicted molar refractivity (Wildman–Crippen MR) is 98.3 cm³/mol. The number of amides is 1. The van der Waals surface area contributed by atoms with Crippen LogP contribution < -0.4 is 24.7 Å². The van der Waals surface area contributed by atoms with E-state index in [9.17, 15) is 9.59 Å². The van der Waals surface area contributed by atoms with E-state index < -0.39 is 5.91 Å². The molecular formula is C20H19NO6. The average molecular weight is 369 g/mol. The minimum absolute atomic E-state index is 0.187. The highest BCUT2D eigenvalue weighted by Crippen LogP contribution is 2.38. The van der Waals surface area contributed by atoms with E-state index in [0.29, 0.717) is 34.1 Å². The molecule has 0 unspecified atom stereocenters. The first-order chi connectivity index (χ1) is 12.9. The number of carbonyl (C=O) groups excluding carboxylic acids is 2. The average Bonchev–Trinajstić information content (AvgIpc) is 2.95. The third-order valence-electron chi connectivity index (χ3n) is 4.03. The Bertz CT molecular complexity index is 948. The number of Topliss-reactive ketones (excluding diaryl/α,β-unsaturated/α-hetero) is 1. The summed E-state index contributed by atoms with van der Waals surface area (Å²) in [5.41, 5.74) is 6.97. The van der Waals surface area contributed by atoms with Gasteiger partial charge in [-0.15, -0.1) is 0 Å². The minimum atomic E-state index is -0.584. The molecule has 1 amide bonds. The molecule has 1 aliphatic rings. The number of methoxy groups -OCH3 is 2. The molecule has 0 radical (unpaired) electrons. The van der Waals surface area contributed by atoms with E-state index in [1.807, 2.05) is 0 Å². The van der Waals surface area contributed by atoms with Crippen LogP contribution in [0, 0.1) is 6.92 Å². The number of aryl methyl sites for hydroxylation is 1. The Hall–Kier alpha value is -3.48. The number of carbonyl (C=O) groups is 2. The number of ketones is 1. The summed E-state index contributed by atoms with van der Waals surface area (Å²) >= 11 is 0. The van der Waals surface area contributed by atoms with Crippen molar-refractivity contribution in [2.45, 2.75) is 6.92 Å². The maximum atomic E-state index is 12.7. The minimum Gasteiger partial charge on any atom is -0.493 e. The quantitative estimate of drug-likeness (QED) is 0.786. The van der Waals surface area contributed by atoms with E-state index in [1.54, 1.807) is 57.6 Å². The van der Waals surface area contributed by atoms with Crippen molar-refractivity contribution >= 4 is 17.8 Å². The number of nitrogens with two attached hydrogens (primary N) is 1. The summed E-state index contributed by atoms with van der Waals surface area (Å²) in [5.74, 6) is 1.31. The lowest BCUT2D eigenvalue weighted by Gasteiger charge is -2.08. The Labute approximate surface area is 156 Å². The highest BCUT2D eigenvalue weighted by atomic mass is 16.5. The molecule has 0 saturated heterocycles. The van der Waals surface area contributed by atoms with Gasteiger partial charge in [-0.2, -0.15) is 0 Å². The maximum absolute atomic E-state index is 12.7. The largest absolute Gasteiger partial charge is 0.493 e. The number of rotatable bonds is 6. The number of allylic oxidation sites excluding steroid dienone is 1. The highest BCUT2D eigenvalue weighted by molar-refractivity contribution is 6.15. The Balaban J connectivity index is 1.91. The molecule has 140 valence electrons. The lowest BCUT2D eigenvalue weighted by molar-refractivity contribution is -0.119. The fraction of sp³-hybridized carbons (Fsp3) is 0.200. The lowest BCUT2D eigenvalue weighted by atomic mass is 10.0. The van der Waals surface area contributed by atoms with Gasteiger partial charge in [0, 0.05) is 6.07 Å². The Morgan fingerprint density at radius 1 is 1.15 bits per heavy atom. The van der Waals surface area contributed by atoms with Crippen molar-refractivity contribution in [2.24, 2.45) is 5.73 Å². The van der Waals surface area contributed by atoms with Gasteiger partial charge in [0.1, 0.15) is 11.5 Å². The maximum Gasteiger partial charge on any atom is 0.255 e. The van der Waals surface area contributed by atoms with Gasteiger partial charge in [-0.1, -0.05) is 6.07 Å². The van der Waals surface area contributed by atoms with Gasteiger partial charge in [0.25, 0.3) is 5.91 Å². The summed E-state index contributed by atoms with van der Waals surface area (Å²) < 4.78 is 21.5. The van der Waals surface area contributed by atoms with Crippen LogP contribution in [-0.2, 0) is 4.79 Å². The molecule has 1 aliphatic heterocycles. The molecule has 2 aromatic carbocycles. The molecule has 0 aromatic heterocycles. The summed E-state index contributed by atoms with van der Waals surface area (Å²) in [6.45, 7) is 1.52. The number of fused-ring (bicyclic) bond motifs is 1. The van der Waals surface area contributed by atoms with Crippen LogP contribution in [0.25, 0.3) is 6.08 Å². The first-order valence-corrected chi connectivity index (χ1v) is 8.15. The number of primary amides is 1. The van der Waals surface area contributed by atoms with Crippen LogP contribution in [0.5, 0.6) is 23.0 Å². The van der Waals surface area contributed by atoms with Crippen LogP contribution in [0.1, 0.15) is 21.5 Å². The van der Waals surface area contributed by atoms with E-state index in [2.05, 4.69) is 0 Å². The molecule has 0 atom stereocenters. The standard InChI is InChI=1S/C20H19NO6/c1-11-6-13(26-10-18(21)22)9-16-19(11)20(23)17(27-16)8-12-4-5-14(24-2)15(7-12)25-3/h4-9H,10H2,1-3H3,(H2,21,22). The van der Waals surface area contributed by atoms with E-state index in [4.69, 9.17) is 24.7 Å². The van der Waals surface area contributed by atoms with Crippen molar-refractivity contribution in [2.75, 3.05) is 20.8 Å². The second kappa shape index (κ2) is 7.41. The molecule has 0 saturated carbocycles. The van der Waals surface area contributed by atoms with E-state index >= 15 is 0 Å². The van der Waals surface area contributed by atoms with Crippen molar-refractivity contribution in [3.05, 3.63) is 52.8 Å². The number of hydrogen-bond donors (Lipinski definition) is 1. The van der Waals surface area contributed by atoms with Crippen LogP contribution in [0.3, 0.4) is 0 Å². The van der Waals surface area contributed by atoms with Gasteiger partial charge in [0.05, 0.1) is 19.8 Å². The zero-order chi connectivity index (χ0) is 19.6. The summed E-state index contributed by atoms with van der Waals surface area (Å²) in [7, 11) is 3.09. The third kappa shape index (κ3) is 3.72. The van der Waals surface area contributed by atoms with Crippen LogP contribution in [0.15, 0.2) is 36.1 Å². The van der Waals surface area contributed by atoms with Gasteiger partial charge in [-0.05, 0) is 42.3 Å². The van der Waals surface area contributed by atoms with Crippen LogP contribution in [-0.4, -0.2) is 32.5 Å². The monoisotopic (exact) mass is 369 g/mol. The van der Waals surface area contributed by atoms with E-state index in [1.165, 1.54) is 0 Å². The zero-order valence-corrected chi connectivity index (χ0v) is 15.2.